The van der Waals surface area contributed by atoms with Gasteiger partial charge in [-0.3, -0.25) is 0 Å². The minimum Gasteiger partial charge on any atom is -0.394 e. The lowest BCUT2D eigenvalue weighted by Gasteiger charge is -2.16. The highest BCUT2D eigenvalue weighted by atomic mass is 16.3. The first-order valence-corrected chi connectivity index (χ1v) is 7.27. The largest absolute Gasteiger partial charge is 0.394 e. The van der Waals surface area contributed by atoms with Gasteiger partial charge in [0.1, 0.15) is 17.5 Å². The Hall–Kier alpha value is -1.36. The average Bonchev–Trinajstić information content (AvgIpc) is 3.27. The number of aliphatic hydroxyl groups excluding tert-OH is 1. The molecule has 1 atom stereocenters. The summed E-state index contributed by atoms with van der Waals surface area (Å²) in [6.07, 6.45) is 4.32. The van der Waals surface area contributed by atoms with E-state index in [1.54, 1.807) is 0 Å². The van der Waals surface area contributed by atoms with E-state index in [-0.39, 0.29) is 12.6 Å². The van der Waals surface area contributed by atoms with Crippen LogP contribution in [0.25, 0.3) is 0 Å². The number of hydrogen-bond donors (Lipinski definition) is 3. The molecule has 0 aliphatic heterocycles. The molecule has 1 saturated carbocycles. The van der Waals surface area contributed by atoms with Gasteiger partial charge in [-0.05, 0) is 25.7 Å². The molecule has 0 radical (unpaired) electrons. The number of nitrogens with one attached hydrogen (secondary N) is 2. The summed E-state index contributed by atoms with van der Waals surface area (Å²) in [6.45, 7) is 5.22. The Labute approximate surface area is 114 Å². The summed E-state index contributed by atoms with van der Waals surface area (Å²) in [5.41, 5.74) is 0. The van der Waals surface area contributed by atoms with Gasteiger partial charge in [-0.1, -0.05) is 13.8 Å². The molecule has 2 rings (SSSR count). The number of hydrogen-bond acceptors (Lipinski definition) is 5. The summed E-state index contributed by atoms with van der Waals surface area (Å²) in [5, 5.41) is 15.9. The Morgan fingerprint density at radius 1 is 1.32 bits per heavy atom. The molecule has 5 heteroatoms. The summed E-state index contributed by atoms with van der Waals surface area (Å²) >= 11 is 0. The van der Waals surface area contributed by atoms with E-state index in [0.717, 1.165) is 36.8 Å². The summed E-state index contributed by atoms with van der Waals surface area (Å²) < 4.78 is 0. The molecule has 5 nitrogen and oxygen atoms in total. The second-order valence-electron chi connectivity index (χ2n) is 5.13. The van der Waals surface area contributed by atoms with Crippen molar-refractivity contribution < 1.29 is 5.11 Å². The van der Waals surface area contributed by atoms with Gasteiger partial charge in [0.05, 0.1) is 12.6 Å². The van der Waals surface area contributed by atoms with Crippen LogP contribution in [0.3, 0.4) is 0 Å². The first kappa shape index (κ1) is 14.1. The topological polar surface area (TPSA) is 70.1 Å². The maximum absolute atomic E-state index is 9.27. The first-order valence-electron chi connectivity index (χ1n) is 7.27. The molecular formula is C14H24N4O. The van der Waals surface area contributed by atoms with Gasteiger partial charge in [0.15, 0.2) is 0 Å². The molecule has 1 aromatic heterocycles. The van der Waals surface area contributed by atoms with E-state index < -0.39 is 0 Å². The van der Waals surface area contributed by atoms with Crippen molar-refractivity contribution in [1.29, 1.82) is 0 Å². The van der Waals surface area contributed by atoms with E-state index in [0.29, 0.717) is 5.92 Å². The predicted molar refractivity (Wildman–Crippen MR) is 77.6 cm³/mol. The summed E-state index contributed by atoms with van der Waals surface area (Å²) in [7, 11) is 0. The van der Waals surface area contributed by atoms with E-state index in [4.69, 9.17) is 0 Å². The van der Waals surface area contributed by atoms with Gasteiger partial charge in [-0.15, -0.1) is 0 Å². The minimum atomic E-state index is 0.0565. The van der Waals surface area contributed by atoms with Crippen LogP contribution in [0.5, 0.6) is 0 Å². The van der Waals surface area contributed by atoms with Crippen molar-refractivity contribution in [2.24, 2.45) is 0 Å². The lowest BCUT2D eigenvalue weighted by atomic mass is 10.2. The van der Waals surface area contributed by atoms with Gasteiger partial charge in [-0.25, -0.2) is 9.97 Å². The number of nitrogens with zero attached hydrogens (tertiary/aromatic N) is 2. The Bertz CT molecular complexity index is 402. The van der Waals surface area contributed by atoms with Crippen LogP contribution in [0.1, 0.15) is 51.3 Å². The Morgan fingerprint density at radius 2 is 2.05 bits per heavy atom. The number of anilines is 2. The normalized spacial score (nSPS) is 16.2. The van der Waals surface area contributed by atoms with Gasteiger partial charge in [0.2, 0.25) is 0 Å². The van der Waals surface area contributed by atoms with Crippen molar-refractivity contribution in [2.45, 2.75) is 51.5 Å². The molecule has 3 N–H and O–H groups in total. The van der Waals surface area contributed by atoms with Crippen LogP contribution in [0.4, 0.5) is 11.6 Å². The zero-order valence-corrected chi connectivity index (χ0v) is 11.8. The molecule has 0 aromatic carbocycles. The van der Waals surface area contributed by atoms with Crippen molar-refractivity contribution in [2.75, 3.05) is 23.8 Å². The first-order chi connectivity index (χ1) is 9.26. The fourth-order valence-corrected chi connectivity index (χ4v) is 1.89. The Kier molecular flexibility index (Phi) is 4.96. The molecule has 1 fully saturated rings. The third kappa shape index (κ3) is 4.06. The van der Waals surface area contributed by atoms with E-state index in [1.165, 1.54) is 12.8 Å². The highest BCUT2D eigenvalue weighted by Gasteiger charge is 2.27. The van der Waals surface area contributed by atoms with Crippen LogP contribution < -0.4 is 10.6 Å². The van der Waals surface area contributed by atoms with Crippen molar-refractivity contribution >= 4 is 11.6 Å². The van der Waals surface area contributed by atoms with Crippen molar-refractivity contribution in [3.8, 4) is 0 Å². The molecule has 1 aliphatic rings. The molecule has 0 saturated heterocycles. The molecule has 0 amide bonds. The van der Waals surface area contributed by atoms with Gasteiger partial charge in [-0.2, -0.15) is 0 Å². The molecule has 0 bridgehead atoms. The Morgan fingerprint density at radius 3 is 2.63 bits per heavy atom. The quantitative estimate of drug-likeness (QED) is 0.672. The smallest absolute Gasteiger partial charge is 0.136 e. The molecule has 1 aromatic rings. The van der Waals surface area contributed by atoms with Crippen molar-refractivity contribution in [3.05, 3.63) is 11.9 Å². The summed E-state index contributed by atoms with van der Waals surface area (Å²) in [6, 6.07) is 1.99. The number of aromatic nitrogens is 2. The van der Waals surface area contributed by atoms with E-state index in [2.05, 4.69) is 27.5 Å². The van der Waals surface area contributed by atoms with Gasteiger partial charge < -0.3 is 15.7 Å². The Balaban J connectivity index is 2.13. The fourth-order valence-electron chi connectivity index (χ4n) is 1.89. The van der Waals surface area contributed by atoms with E-state index in [9.17, 15) is 5.11 Å². The van der Waals surface area contributed by atoms with Crippen molar-refractivity contribution in [1.82, 2.24) is 9.97 Å². The van der Waals surface area contributed by atoms with Gasteiger partial charge in [0, 0.05) is 18.5 Å². The number of aliphatic hydroxyl groups is 1. The van der Waals surface area contributed by atoms with Crippen LogP contribution in [0.2, 0.25) is 0 Å². The standard InChI is InChI=1S/C14H24N4O/c1-3-7-15-12-8-13(16-11(4-2)9-19)18-14(17-12)10-5-6-10/h8,10-11,19H,3-7,9H2,1-2H3,(H2,15,16,17,18). The summed E-state index contributed by atoms with van der Waals surface area (Å²) in [4.78, 5) is 9.13. The molecule has 1 heterocycles. The van der Waals surface area contributed by atoms with Crippen LogP contribution in [0, 0.1) is 0 Å². The lowest BCUT2D eigenvalue weighted by molar-refractivity contribution is 0.271. The molecule has 1 unspecified atom stereocenters. The van der Waals surface area contributed by atoms with Crippen LogP contribution in [-0.2, 0) is 0 Å². The third-order valence-corrected chi connectivity index (χ3v) is 3.31. The van der Waals surface area contributed by atoms with Crippen LogP contribution in [0.15, 0.2) is 6.07 Å². The highest BCUT2D eigenvalue weighted by Crippen LogP contribution is 2.38. The zero-order valence-electron chi connectivity index (χ0n) is 11.8. The maximum atomic E-state index is 9.27. The molecule has 19 heavy (non-hydrogen) atoms. The predicted octanol–water partition coefficient (Wildman–Crippen LogP) is 2.36. The fraction of sp³-hybridized carbons (Fsp3) is 0.714. The molecule has 0 spiro atoms. The molecule has 1 aliphatic carbocycles. The second kappa shape index (κ2) is 6.70. The van der Waals surface area contributed by atoms with Gasteiger partial charge >= 0.3 is 0 Å². The minimum absolute atomic E-state index is 0.0565. The third-order valence-electron chi connectivity index (χ3n) is 3.31. The lowest BCUT2D eigenvalue weighted by Crippen LogP contribution is -2.23. The molecule has 106 valence electrons. The van der Waals surface area contributed by atoms with E-state index in [1.807, 2.05) is 13.0 Å². The highest BCUT2D eigenvalue weighted by molar-refractivity contribution is 5.48. The zero-order chi connectivity index (χ0) is 13.7. The number of rotatable bonds is 8. The second-order valence-corrected chi connectivity index (χ2v) is 5.13. The molecular weight excluding hydrogens is 240 g/mol. The van der Waals surface area contributed by atoms with Crippen LogP contribution in [-0.4, -0.2) is 34.3 Å². The monoisotopic (exact) mass is 264 g/mol. The average molecular weight is 264 g/mol. The van der Waals surface area contributed by atoms with E-state index >= 15 is 0 Å². The maximum Gasteiger partial charge on any atom is 0.136 e. The van der Waals surface area contributed by atoms with Gasteiger partial charge in [0.25, 0.3) is 0 Å². The van der Waals surface area contributed by atoms with Crippen LogP contribution >= 0.6 is 0 Å². The summed E-state index contributed by atoms with van der Waals surface area (Å²) in [5.74, 6) is 3.15. The van der Waals surface area contributed by atoms with Crippen molar-refractivity contribution in [3.63, 3.8) is 0 Å². The SMILES string of the molecule is CCCNc1cc(NC(CC)CO)nc(C2CC2)n1.